The predicted molar refractivity (Wildman–Crippen MR) is 124 cm³/mol. The molecule has 0 aliphatic heterocycles. The van der Waals surface area contributed by atoms with Crippen molar-refractivity contribution in [3.63, 3.8) is 0 Å². The summed E-state index contributed by atoms with van der Waals surface area (Å²) in [6, 6.07) is 19.1. The van der Waals surface area contributed by atoms with E-state index in [1.165, 1.54) is 6.33 Å². The summed E-state index contributed by atoms with van der Waals surface area (Å²) in [7, 11) is 0. The number of nitrogens with two attached hydrogens (primary N) is 1. The minimum absolute atomic E-state index is 0.0885. The number of carbonyl (C=O) groups excluding carboxylic acids is 1. The molecule has 0 saturated carbocycles. The van der Waals surface area contributed by atoms with Crippen LogP contribution in [0.15, 0.2) is 67.0 Å². The first-order valence-corrected chi connectivity index (χ1v) is 10.1. The largest absolute Gasteiger partial charge is 0.491 e. The minimum atomic E-state index is -0.452. The lowest BCUT2D eigenvalue weighted by molar-refractivity contribution is 0.100. The fraction of sp³-hybridized carbons (Fsp3) is 0.160. The lowest BCUT2D eigenvalue weighted by Crippen LogP contribution is -2.12. The van der Waals surface area contributed by atoms with Crippen molar-refractivity contribution < 1.29 is 9.53 Å². The van der Waals surface area contributed by atoms with E-state index in [0.29, 0.717) is 11.4 Å². The number of fused-ring (bicyclic) bond motifs is 1. The molecule has 1 amide bonds. The predicted octanol–water partition coefficient (Wildman–Crippen LogP) is 5.23. The molecule has 6 heteroatoms. The zero-order valence-corrected chi connectivity index (χ0v) is 17.7. The lowest BCUT2D eigenvalue weighted by atomic mass is 9.97. The molecule has 0 atom stereocenters. The Morgan fingerprint density at radius 3 is 2.61 bits per heavy atom. The van der Waals surface area contributed by atoms with E-state index in [9.17, 15) is 4.79 Å². The van der Waals surface area contributed by atoms with Gasteiger partial charge in [-0.15, -0.1) is 0 Å². The van der Waals surface area contributed by atoms with Crippen molar-refractivity contribution in [2.75, 3.05) is 5.32 Å². The van der Waals surface area contributed by atoms with Gasteiger partial charge in [-0.25, -0.2) is 9.97 Å². The molecular formula is C25H24N4O2. The van der Waals surface area contributed by atoms with Crippen molar-refractivity contribution in [3.8, 4) is 16.9 Å². The molecule has 156 valence electrons. The first-order valence-electron chi connectivity index (χ1n) is 10.1. The number of hydrogen-bond donors (Lipinski definition) is 2. The summed E-state index contributed by atoms with van der Waals surface area (Å²) >= 11 is 0. The Morgan fingerprint density at radius 2 is 1.84 bits per heavy atom. The Hall–Kier alpha value is -3.93. The van der Waals surface area contributed by atoms with Gasteiger partial charge < -0.3 is 15.8 Å². The summed E-state index contributed by atoms with van der Waals surface area (Å²) in [5, 5.41) is 4.32. The van der Waals surface area contributed by atoms with Crippen LogP contribution in [0.3, 0.4) is 0 Å². The third-order valence-electron chi connectivity index (χ3n) is 4.97. The van der Waals surface area contributed by atoms with E-state index in [1.807, 2.05) is 69.3 Å². The van der Waals surface area contributed by atoms with Crippen molar-refractivity contribution in [1.82, 2.24) is 9.97 Å². The van der Waals surface area contributed by atoms with Gasteiger partial charge in [0, 0.05) is 22.7 Å². The smallest absolute Gasteiger partial charge is 0.249 e. The first-order chi connectivity index (χ1) is 14.9. The summed E-state index contributed by atoms with van der Waals surface area (Å²) in [6.07, 6.45) is 1.62. The molecular weight excluding hydrogens is 388 g/mol. The minimum Gasteiger partial charge on any atom is -0.491 e. The van der Waals surface area contributed by atoms with E-state index in [2.05, 4.69) is 15.3 Å². The summed E-state index contributed by atoms with van der Waals surface area (Å²) in [4.78, 5) is 20.7. The van der Waals surface area contributed by atoms with Gasteiger partial charge in [-0.3, -0.25) is 4.79 Å². The van der Waals surface area contributed by atoms with Gasteiger partial charge in [-0.2, -0.15) is 0 Å². The average Bonchev–Trinajstić information content (AvgIpc) is 2.75. The Kier molecular flexibility index (Phi) is 5.54. The summed E-state index contributed by atoms with van der Waals surface area (Å²) in [5.41, 5.74) is 10.5. The summed E-state index contributed by atoms with van der Waals surface area (Å²) < 4.78 is 5.78. The standard InChI is InChI=1S/C25H24N4O2/c1-15(2)31-18-10-11-21-23(13-18)27-14-28-25(21)29-22-12-17(9-8-16(22)3)19-6-4-5-7-20(19)24(26)30/h4-15H,1-3H3,(H2,26,30)(H,27,28,29). The SMILES string of the molecule is Cc1ccc(-c2ccccc2C(N)=O)cc1Nc1ncnc2cc(OC(C)C)ccc12. The second kappa shape index (κ2) is 8.44. The van der Waals surface area contributed by atoms with Crippen LogP contribution in [-0.4, -0.2) is 22.0 Å². The number of aryl methyl sites for hydroxylation is 1. The van der Waals surface area contributed by atoms with Crippen molar-refractivity contribution in [2.24, 2.45) is 5.73 Å². The maximum Gasteiger partial charge on any atom is 0.249 e. The van der Waals surface area contributed by atoms with Crippen LogP contribution >= 0.6 is 0 Å². The number of anilines is 2. The van der Waals surface area contributed by atoms with Crippen LogP contribution in [0.1, 0.15) is 29.8 Å². The molecule has 1 heterocycles. The van der Waals surface area contributed by atoms with Crippen molar-refractivity contribution >= 4 is 28.3 Å². The van der Waals surface area contributed by atoms with Gasteiger partial charge in [0.25, 0.3) is 0 Å². The maximum atomic E-state index is 11.9. The van der Waals surface area contributed by atoms with Crippen LogP contribution < -0.4 is 15.8 Å². The van der Waals surface area contributed by atoms with Gasteiger partial charge >= 0.3 is 0 Å². The first kappa shape index (κ1) is 20.3. The van der Waals surface area contributed by atoms with Crippen LogP contribution in [0.25, 0.3) is 22.0 Å². The number of hydrogen-bond acceptors (Lipinski definition) is 5. The molecule has 1 aromatic heterocycles. The Morgan fingerprint density at radius 1 is 1.03 bits per heavy atom. The molecule has 31 heavy (non-hydrogen) atoms. The summed E-state index contributed by atoms with van der Waals surface area (Å²) in [5.74, 6) is 1.02. The topological polar surface area (TPSA) is 90.1 Å². The van der Waals surface area contributed by atoms with E-state index in [1.54, 1.807) is 12.1 Å². The number of nitrogens with zero attached hydrogens (tertiary/aromatic N) is 2. The highest BCUT2D eigenvalue weighted by Crippen LogP contribution is 2.31. The number of primary amides is 1. The lowest BCUT2D eigenvalue weighted by Gasteiger charge is -2.15. The molecule has 0 radical (unpaired) electrons. The Labute approximate surface area is 181 Å². The number of rotatable bonds is 6. The molecule has 6 nitrogen and oxygen atoms in total. The fourth-order valence-electron chi connectivity index (χ4n) is 3.48. The number of carbonyl (C=O) groups is 1. The number of aromatic nitrogens is 2. The van der Waals surface area contributed by atoms with Gasteiger partial charge in [0.2, 0.25) is 5.91 Å². The number of amides is 1. The highest BCUT2D eigenvalue weighted by atomic mass is 16.5. The van der Waals surface area contributed by atoms with Gasteiger partial charge in [-0.05, 0) is 61.7 Å². The zero-order valence-electron chi connectivity index (χ0n) is 17.7. The molecule has 0 saturated heterocycles. The maximum absolute atomic E-state index is 11.9. The molecule has 0 aliphatic rings. The fourth-order valence-corrected chi connectivity index (χ4v) is 3.48. The van der Waals surface area contributed by atoms with Crippen LogP contribution in [0.4, 0.5) is 11.5 Å². The molecule has 0 unspecified atom stereocenters. The van der Waals surface area contributed by atoms with Gasteiger partial charge in [-0.1, -0.05) is 30.3 Å². The quantitative estimate of drug-likeness (QED) is 0.452. The number of nitrogens with one attached hydrogen (secondary N) is 1. The second-order valence-electron chi connectivity index (χ2n) is 7.63. The van der Waals surface area contributed by atoms with Crippen molar-refractivity contribution in [1.29, 1.82) is 0 Å². The Balaban J connectivity index is 1.73. The van der Waals surface area contributed by atoms with Gasteiger partial charge in [0.15, 0.2) is 0 Å². The molecule has 4 rings (SSSR count). The molecule has 3 aromatic carbocycles. The molecule has 0 spiro atoms. The third kappa shape index (κ3) is 4.33. The van der Waals surface area contributed by atoms with Gasteiger partial charge in [0.05, 0.1) is 11.6 Å². The number of ether oxygens (including phenoxy) is 1. The van der Waals surface area contributed by atoms with Crippen molar-refractivity contribution in [3.05, 3.63) is 78.1 Å². The van der Waals surface area contributed by atoms with E-state index in [4.69, 9.17) is 10.5 Å². The van der Waals surface area contributed by atoms with Crippen molar-refractivity contribution in [2.45, 2.75) is 26.9 Å². The molecule has 3 N–H and O–H groups in total. The molecule has 0 bridgehead atoms. The molecule has 0 aliphatic carbocycles. The van der Waals surface area contributed by atoms with Gasteiger partial charge in [0.1, 0.15) is 17.9 Å². The zero-order chi connectivity index (χ0) is 22.0. The van der Waals surface area contributed by atoms with E-state index >= 15 is 0 Å². The molecule has 4 aromatic rings. The molecule has 0 fully saturated rings. The normalized spacial score (nSPS) is 11.0. The average molecular weight is 412 g/mol. The van der Waals surface area contributed by atoms with Crippen LogP contribution in [0.2, 0.25) is 0 Å². The van der Waals surface area contributed by atoms with Crippen LogP contribution in [0.5, 0.6) is 5.75 Å². The number of benzene rings is 3. The monoisotopic (exact) mass is 412 g/mol. The van der Waals surface area contributed by atoms with E-state index < -0.39 is 5.91 Å². The van der Waals surface area contributed by atoms with E-state index in [0.717, 1.165) is 39.0 Å². The van der Waals surface area contributed by atoms with E-state index in [-0.39, 0.29) is 6.10 Å². The highest BCUT2D eigenvalue weighted by molar-refractivity contribution is 6.00. The van der Waals surface area contributed by atoms with Crippen LogP contribution in [-0.2, 0) is 0 Å². The van der Waals surface area contributed by atoms with Crippen LogP contribution in [0, 0.1) is 6.92 Å². The third-order valence-corrected chi connectivity index (χ3v) is 4.97. The Bertz CT molecular complexity index is 1270. The summed E-state index contributed by atoms with van der Waals surface area (Å²) in [6.45, 7) is 6.00. The second-order valence-corrected chi connectivity index (χ2v) is 7.63. The highest BCUT2D eigenvalue weighted by Gasteiger charge is 2.12.